The van der Waals surface area contributed by atoms with E-state index in [2.05, 4.69) is 5.32 Å². The van der Waals surface area contributed by atoms with Gasteiger partial charge >= 0.3 is 0 Å². The monoisotopic (exact) mass is 298 g/mol. The van der Waals surface area contributed by atoms with Crippen LogP contribution in [0.5, 0.6) is 0 Å². The molecule has 7 heteroatoms. The van der Waals surface area contributed by atoms with Gasteiger partial charge in [0.15, 0.2) is 11.6 Å². The molecular formula is C13H9ClF2N2O2. The molecule has 2 aromatic rings. The number of hydrogen-bond donors (Lipinski definition) is 1. The van der Waals surface area contributed by atoms with E-state index in [0.29, 0.717) is 0 Å². The van der Waals surface area contributed by atoms with Crippen molar-refractivity contribution in [3.8, 4) is 0 Å². The molecule has 0 radical (unpaired) electrons. The van der Waals surface area contributed by atoms with Crippen LogP contribution in [0, 0.1) is 21.7 Å². The van der Waals surface area contributed by atoms with Gasteiger partial charge in [-0.2, -0.15) is 0 Å². The molecule has 0 aromatic heterocycles. The third-order valence-electron chi connectivity index (χ3n) is 2.66. The van der Waals surface area contributed by atoms with Crippen molar-refractivity contribution in [3.05, 3.63) is 68.7 Å². The van der Waals surface area contributed by atoms with Gasteiger partial charge in [-0.15, -0.1) is 0 Å². The predicted molar refractivity (Wildman–Crippen MR) is 71.8 cm³/mol. The fraction of sp³-hybridized carbons (Fsp3) is 0.0769. The lowest BCUT2D eigenvalue weighted by atomic mass is 10.2. The van der Waals surface area contributed by atoms with Crippen molar-refractivity contribution < 1.29 is 13.7 Å². The first-order valence-electron chi connectivity index (χ1n) is 5.59. The summed E-state index contributed by atoms with van der Waals surface area (Å²) in [5.41, 5.74) is 0.244. The van der Waals surface area contributed by atoms with Crippen molar-refractivity contribution >= 4 is 23.0 Å². The van der Waals surface area contributed by atoms with Gasteiger partial charge in [0.25, 0.3) is 5.69 Å². The van der Waals surface area contributed by atoms with Gasteiger partial charge in [-0.3, -0.25) is 10.1 Å². The number of halogens is 3. The van der Waals surface area contributed by atoms with Crippen LogP contribution in [0.4, 0.5) is 20.2 Å². The minimum atomic E-state index is -0.957. The maximum atomic E-state index is 13.5. The van der Waals surface area contributed by atoms with Gasteiger partial charge in [-0.25, -0.2) is 8.78 Å². The summed E-state index contributed by atoms with van der Waals surface area (Å²) in [5.74, 6) is -1.91. The standard InChI is InChI=1S/C13H9ClF2N2O2/c14-10-5-4-9(18(19)20)6-12(10)17-7-8-2-1-3-11(15)13(8)16/h1-6,17H,7H2. The molecule has 0 atom stereocenters. The molecule has 0 aliphatic carbocycles. The minimum Gasteiger partial charge on any atom is -0.379 e. The molecule has 1 N–H and O–H groups in total. The van der Waals surface area contributed by atoms with Crippen LogP contribution in [0.2, 0.25) is 5.02 Å². The van der Waals surface area contributed by atoms with E-state index in [9.17, 15) is 18.9 Å². The smallest absolute Gasteiger partial charge is 0.271 e. The molecule has 0 bridgehead atoms. The number of rotatable bonds is 4. The second kappa shape index (κ2) is 5.83. The van der Waals surface area contributed by atoms with Crippen molar-refractivity contribution in [3.63, 3.8) is 0 Å². The maximum absolute atomic E-state index is 13.5. The summed E-state index contributed by atoms with van der Waals surface area (Å²) in [4.78, 5) is 10.1. The van der Waals surface area contributed by atoms with Crippen molar-refractivity contribution in [1.82, 2.24) is 0 Å². The second-order valence-corrected chi connectivity index (χ2v) is 4.39. The number of benzene rings is 2. The van der Waals surface area contributed by atoms with E-state index in [1.165, 1.54) is 30.3 Å². The number of hydrogen-bond acceptors (Lipinski definition) is 3. The van der Waals surface area contributed by atoms with E-state index in [-0.39, 0.29) is 28.5 Å². The van der Waals surface area contributed by atoms with Crippen molar-refractivity contribution in [2.75, 3.05) is 5.32 Å². The van der Waals surface area contributed by atoms with Crippen molar-refractivity contribution in [2.24, 2.45) is 0 Å². The molecule has 0 aliphatic rings. The van der Waals surface area contributed by atoms with Crippen LogP contribution in [-0.2, 0) is 6.54 Å². The zero-order chi connectivity index (χ0) is 14.7. The summed E-state index contributed by atoms with van der Waals surface area (Å²) in [7, 11) is 0. The first kappa shape index (κ1) is 14.2. The largest absolute Gasteiger partial charge is 0.379 e. The summed E-state index contributed by atoms with van der Waals surface area (Å²) in [6.07, 6.45) is 0. The Balaban J connectivity index is 2.20. The summed E-state index contributed by atoms with van der Waals surface area (Å²) in [6.45, 7) is -0.0372. The lowest BCUT2D eigenvalue weighted by Crippen LogP contribution is -2.04. The molecule has 0 unspecified atom stereocenters. The number of nitro benzene ring substituents is 1. The molecule has 0 fully saturated rings. The van der Waals surface area contributed by atoms with Crippen LogP contribution in [0.25, 0.3) is 0 Å². The lowest BCUT2D eigenvalue weighted by Gasteiger charge is -2.09. The third kappa shape index (κ3) is 3.03. The normalized spacial score (nSPS) is 10.3. The van der Waals surface area contributed by atoms with E-state index >= 15 is 0 Å². The molecule has 4 nitrogen and oxygen atoms in total. The Hall–Kier alpha value is -2.21. The van der Waals surface area contributed by atoms with Crippen molar-refractivity contribution in [1.29, 1.82) is 0 Å². The van der Waals surface area contributed by atoms with Crippen LogP contribution in [0.15, 0.2) is 36.4 Å². The highest BCUT2D eigenvalue weighted by Gasteiger charge is 2.11. The number of anilines is 1. The van der Waals surface area contributed by atoms with E-state index < -0.39 is 16.6 Å². The lowest BCUT2D eigenvalue weighted by molar-refractivity contribution is -0.384. The fourth-order valence-corrected chi connectivity index (χ4v) is 1.82. The average Bonchev–Trinajstić information content (AvgIpc) is 2.41. The molecule has 0 spiro atoms. The molecule has 20 heavy (non-hydrogen) atoms. The molecule has 0 saturated carbocycles. The summed E-state index contributed by atoms with van der Waals surface area (Å²) in [6, 6.07) is 7.67. The Morgan fingerprint density at radius 2 is 2.00 bits per heavy atom. The predicted octanol–water partition coefficient (Wildman–Crippen LogP) is 4.14. The van der Waals surface area contributed by atoms with Gasteiger partial charge in [0.05, 0.1) is 15.6 Å². The highest BCUT2D eigenvalue weighted by Crippen LogP contribution is 2.27. The van der Waals surface area contributed by atoms with Gasteiger partial charge in [0, 0.05) is 24.2 Å². The summed E-state index contributed by atoms with van der Waals surface area (Å²) < 4.78 is 26.5. The molecule has 2 aromatic carbocycles. The van der Waals surface area contributed by atoms with Gasteiger partial charge in [-0.05, 0) is 12.1 Å². The molecule has 0 heterocycles. The van der Waals surface area contributed by atoms with Crippen LogP contribution in [0.3, 0.4) is 0 Å². The number of nitrogens with one attached hydrogen (secondary N) is 1. The minimum absolute atomic E-state index is 0.0372. The summed E-state index contributed by atoms with van der Waals surface area (Å²) in [5, 5.41) is 13.7. The zero-order valence-electron chi connectivity index (χ0n) is 10.1. The Morgan fingerprint density at radius 1 is 1.25 bits per heavy atom. The third-order valence-corrected chi connectivity index (χ3v) is 2.99. The van der Waals surface area contributed by atoms with Gasteiger partial charge in [0.1, 0.15) is 0 Å². The highest BCUT2D eigenvalue weighted by molar-refractivity contribution is 6.33. The number of nitrogens with zero attached hydrogens (tertiary/aromatic N) is 1. The van der Waals surface area contributed by atoms with Crippen molar-refractivity contribution in [2.45, 2.75) is 6.54 Å². The van der Waals surface area contributed by atoms with Crippen LogP contribution < -0.4 is 5.32 Å². The Morgan fingerprint density at radius 3 is 2.70 bits per heavy atom. The molecule has 2 rings (SSSR count). The second-order valence-electron chi connectivity index (χ2n) is 3.99. The first-order valence-corrected chi connectivity index (χ1v) is 5.97. The zero-order valence-corrected chi connectivity index (χ0v) is 10.8. The van der Waals surface area contributed by atoms with Crippen LogP contribution in [0.1, 0.15) is 5.56 Å². The molecule has 0 amide bonds. The van der Waals surface area contributed by atoms with Crippen LogP contribution >= 0.6 is 11.6 Å². The van der Waals surface area contributed by atoms with Gasteiger partial charge in [-0.1, -0.05) is 23.7 Å². The van der Waals surface area contributed by atoms with Gasteiger partial charge in [0.2, 0.25) is 0 Å². The molecule has 104 valence electrons. The Bertz CT molecular complexity index is 665. The van der Waals surface area contributed by atoms with E-state index in [1.807, 2.05) is 0 Å². The topological polar surface area (TPSA) is 55.2 Å². The van der Waals surface area contributed by atoms with Crippen LogP contribution in [-0.4, -0.2) is 4.92 Å². The number of non-ortho nitro benzene ring substituents is 1. The molecular weight excluding hydrogens is 290 g/mol. The average molecular weight is 299 g/mol. The highest BCUT2D eigenvalue weighted by atomic mass is 35.5. The molecule has 0 saturated heterocycles. The Labute approximate surface area is 118 Å². The van der Waals surface area contributed by atoms with E-state index in [4.69, 9.17) is 11.6 Å². The van der Waals surface area contributed by atoms with Gasteiger partial charge < -0.3 is 5.32 Å². The Kier molecular flexibility index (Phi) is 4.14. The summed E-state index contributed by atoms with van der Waals surface area (Å²) >= 11 is 5.89. The maximum Gasteiger partial charge on any atom is 0.271 e. The number of nitro groups is 1. The first-order chi connectivity index (χ1) is 9.49. The quantitative estimate of drug-likeness (QED) is 0.682. The SMILES string of the molecule is O=[N+]([O-])c1ccc(Cl)c(NCc2cccc(F)c2F)c1. The molecule has 0 aliphatic heterocycles. The van der Waals surface area contributed by atoms with E-state index in [0.717, 1.165) is 6.07 Å². The van der Waals surface area contributed by atoms with E-state index in [1.54, 1.807) is 0 Å². The fourth-order valence-electron chi connectivity index (χ4n) is 1.64.